The number of hydrogen-bond acceptors (Lipinski definition) is 4. The van der Waals surface area contributed by atoms with E-state index in [0.29, 0.717) is 11.2 Å². The van der Waals surface area contributed by atoms with Crippen LogP contribution in [0.15, 0.2) is 15.9 Å². The summed E-state index contributed by atoms with van der Waals surface area (Å²) >= 11 is 0. The van der Waals surface area contributed by atoms with Crippen LogP contribution in [-0.4, -0.2) is 30.3 Å². The van der Waals surface area contributed by atoms with Crippen LogP contribution < -0.4 is 11.2 Å². The maximum absolute atomic E-state index is 11.7. The van der Waals surface area contributed by atoms with Crippen LogP contribution in [0, 0.1) is 0 Å². The zero-order valence-corrected chi connectivity index (χ0v) is 14.6. The fourth-order valence-corrected chi connectivity index (χ4v) is 2.99. The van der Waals surface area contributed by atoms with Gasteiger partial charge in [0.1, 0.15) is 5.65 Å². The van der Waals surface area contributed by atoms with Crippen LogP contribution in [0.25, 0.3) is 11.2 Å². The second-order valence-corrected chi connectivity index (χ2v) is 6.54. The quantitative estimate of drug-likeness (QED) is 0.648. The zero-order chi connectivity index (χ0) is 17.5. The third-order valence-electron chi connectivity index (χ3n) is 4.39. The normalized spacial score (nSPS) is 12.8. The van der Waals surface area contributed by atoms with Crippen molar-refractivity contribution in [3.8, 4) is 0 Å². The molecule has 2 N–H and O–H groups in total. The lowest BCUT2D eigenvalue weighted by atomic mass is 10.1. The topological polar surface area (TPSA) is 92.9 Å². The van der Waals surface area contributed by atoms with Crippen LogP contribution in [-0.2, 0) is 13.6 Å². The number of H-pyrrole nitrogens is 1. The highest BCUT2D eigenvalue weighted by Crippen LogP contribution is 2.12. The van der Waals surface area contributed by atoms with Gasteiger partial charge in [0.25, 0.3) is 5.56 Å². The molecule has 1 atom stereocenters. The van der Waals surface area contributed by atoms with Gasteiger partial charge < -0.3 is 9.67 Å². The maximum atomic E-state index is 11.7. The van der Waals surface area contributed by atoms with E-state index in [9.17, 15) is 14.7 Å². The van der Waals surface area contributed by atoms with Crippen molar-refractivity contribution in [2.24, 2.45) is 7.05 Å². The van der Waals surface area contributed by atoms with Crippen molar-refractivity contribution >= 4 is 11.2 Å². The monoisotopic (exact) mass is 336 g/mol. The Bertz CT molecular complexity index is 757. The van der Waals surface area contributed by atoms with Crippen molar-refractivity contribution in [1.82, 2.24) is 19.1 Å². The molecule has 2 aromatic heterocycles. The molecule has 0 bridgehead atoms. The summed E-state index contributed by atoms with van der Waals surface area (Å²) in [5.74, 6) is 0. The molecule has 0 aliphatic rings. The summed E-state index contributed by atoms with van der Waals surface area (Å²) < 4.78 is 3.32. The Labute approximate surface area is 141 Å². The van der Waals surface area contributed by atoms with E-state index in [1.807, 2.05) is 11.5 Å². The van der Waals surface area contributed by atoms with Gasteiger partial charge in [-0.3, -0.25) is 14.3 Å². The van der Waals surface area contributed by atoms with E-state index in [1.54, 1.807) is 13.4 Å². The van der Waals surface area contributed by atoms with Gasteiger partial charge in [-0.15, -0.1) is 0 Å². The fourth-order valence-electron chi connectivity index (χ4n) is 2.99. The first kappa shape index (κ1) is 18.4. The summed E-state index contributed by atoms with van der Waals surface area (Å²) in [6.45, 7) is 2.60. The molecule has 0 aliphatic heterocycles. The van der Waals surface area contributed by atoms with Gasteiger partial charge in [0, 0.05) is 13.6 Å². The van der Waals surface area contributed by atoms with Gasteiger partial charge in [0.2, 0.25) is 0 Å². The Hall–Kier alpha value is -1.89. The minimum atomic E-state index is -0.427. The lowest BCUT2D eigenvalue weighted by Crippen LogP contribution is -2.29. The molecular weight excluding hydrogens is 308 g/mol. The molecule has 7 nitrogen and oxygen atoms in total. The lowest BCUT2D eigenvalue weighted by Gasteiger charge is -2.07. The number of nitrogens with zero attached hydrogens (tertiary/aromatic N) is 3. The van der Waals surface area contributed by atoms with Crippen molar-refractivity contribution in [2.45, 2.75) is 70.9 Å². The third kappa shape index (κ3) is 4.80. The fraction of sp³-hybridized carbons (Fsp3) is 0.706. The number of aryl methyl sites for hydroxylation is 2. The number of imidazole rings is 1. The molecule has 0 radical (unpaired) electrons. The van der Waals surface area contributed by atoms with Gasteiger partial charge >= 0.3 is 5.69 Å². The highest BCUT2D eigenvalue weighted by Gasteiger charge is 2.10. The van der Waals surface area contributed by atoms with E-state index in [4.69, 9.17) is 0 Å². The molecule has 1 unspecified atom stereocenters. The molecule has 24 heavy (non-hydrogen) atoms. The van der Waals surface area contributed by atoms with Crippen LogP contribution >= 0.6 is 0 Å². The number of unbranched alkanes of at least 4 members (excludes halogenated alkanes) is 6. The Morgan fingerprint density at radius 3 is 2.42 bits per heavy atom. The number of rotatable bonds is 10. The predicted molar refractivity (Wildman–Crippen MR) is 94.2 cm³/mol. The molecular formula is C17H28N4O3. The minimum absolute atomic E-state index is 0.182. The summed E-state index contributed by atoms with van der Waals surface area (Å²) in [6.07, 6.45) is 10.4. The van der Waals surface area contributed by atoms with E-state index >= 15 is 0 Å². The third-order valence-corrected chi connectivity index (χ3v) is 4.39. The van der Waals surface area contributed by atoms with Crippen LogP contribution in [0.4, 0.5) is 0 Å². The van der Waals surface area contributed by atoms with Crippen molar-refractivity contribution in [3.63, 3.8) is 0 Å². The first-order chi connectivity index (χ1) is 11.5. The Balaban J connectivity index is 1.75. The Kier molecular flexibility index (Phi) is 6.78. The van der Waals surface area contributed by atoms with Gasteiger partial charge in [-0.05, 0) is 19.8 Å². The second kappa shape index (κ2) is 8.82. The summed E-state index contributed by atoms with van der Waals surface area (Å²) in [5, 5.41) is 9.19. The second-order valence-electron chi connectivity index (χ2n) is 6.54. The molecule has 2 rings (SSSR count). The van der Waals surface area contributed by atoms with Gasteiger partial charge in [0.05, 0.1) is 12.4 Å². The minimum Gasteiger partial charge on any atom is -0.393 e. The number of aromatic nitrogens is 4. The Morgan fingerprint density at radius 1 is 1.12 bits per heavy atom. The average molecular weight is 336 g/mol. The van der Waals surface area contributed by atoms with Crippen molar-refractivity contribution < 1.29 is 5.11 Å². The molecule has 2 aromatic rings. The number of hydrogen-bond donors (Lipinski definition) is 2. The number of aromatic amines is 1. The molecule has 2 heterocycles. The van der Waals surface area contributed by atoms with E-state index in [0.717, 1.165) is 32.2 Å². The van der Waals surface area contributed by atoms with Gasteiger partial charge in [0.15, 0.2) is 5.52 Å². The predicted octanol–water partition coefficient (Wildman–Crippen LogP) is 1.92. The van der Waals surface area contributed by atoms with Crippen LogP contribution in [0.1, 0.15) is 58.3 Å². The van der Waals surface area contributed by atoms with E-state index in [2.05, 4.69) is 9.97 Å². The smallest absolute Gasteiger partial charge is 0.329 e. The first-order valence-corrected chi connectivity index (χ1v) is 8.83. The number of fused-ring (bicyclic) bond motifs is 1. The summed E-state index contributed by atoms with van der Waals surface area (Å²) in [4.78, 5) is 29.8. The summed E-state index contributed by atoms with van der Waals surface area (Å²) in [6, 6.07) is 0. The molecule has 0 aromatic carbocycles. The van der Waals surface area contributed by atoms with Gasteiger partial charge in [-0.2, -0.15) is 0 Å². The van der Waals surface area contributed by atoms with Crippen molar-refractivity contribution in [3.05, 3.63) is 27.2 Å². The highest BCUT2D eigenvalue weighted by atomic mass is 16.3. The van der Waals surface area contributed by atoms with Crippen molar-refractivity contribution in [1.29, 1.82) is 0 Å². The summed E-state index contributed by atoms with van der Waals surface area (Å²) in [5.41, 5.74) is 0.0626. The van der Waals surface area contributed by atoms with Gasteiger partial charge in [-0.25, -0.2) is 9.78 Å². The lowest BCUT2D eigenvalue weighted by molar-refractivity contribution is 0.180. The van der Waals surface area contributed by atoms with E-state index in [1.165, 1.54) is 30.3 Å². The standard InChI is InChI=1S/C17H28N4O3/c1-13(22)10-8-6-4-3-5-7-9-11-21-12-18-14-15(23)19-17(24)20(2)16(14)21/h12-13,22H,3-11H2,1-2H3,(H,19,23,24). The Morgan fingerprint density at radius 2 is 1.75 bits per heavy atom. The van der Waals surface area contributed by atoms with E-state index < -0.39 is 11.2 Å². The molecule has 0 saturated heterocycles. The molecule has 7 heteroatoms. The highest BCUT2D eigenvalue weighted by molar-refractivity contribution is 5.69. The zero-order valence-electron chi connectivity index (χ0n) is 14.6. The molecule has 0 saturated carbocycles. The first-order valence-electron chi connectivity index (χ1n) is 8.83. The van der Waals surface area contributed by atoms with Crippen LogP contribution in [0.3, 0.4) is 0 Å². The van der Waals surface area contributed by atoms with Crippen LogP contribution in [0.2, 0.25) is 0 Å². The molecule has 0 spiro atoms. The maximum Gasteiger partial charge on any atom is 0.329 e. The average Bonchev–Trinajstić information content (AvgIpc) is 2.95. The SMILES string of the molecule is CC(O)CCCCCCCCCn1cnc2c(=O)[nH]c(=O)n(C)c21. The number of aliphatic hydroxyl groups is 1. The molecule has 0 fully saturated rings. The largest absolute Gasteiger partial charge is 0.393 e. The molecule has 134 valence electrons. The van der Waals surface area contributed by atoms with E-state index in [-0.39, 0.29) is 6.10 Å². The van der Waals surface area contributed by atoms with Crippen LogP contribution in [0.5, 0.6) is 0 Å². The summed E-state index contributed by atoms with van der Waals surface area (Å²) in [7, 11) is 1.64. The van der Waals surface area contributed by atoms with Gasteiger partial charge in [-0.1, -0.05) is 38.5 Å². The molecule has 0 amide bonds. The number of aliphatic hydroxyl groups excluding tert-OH is 1. The molecule has 0 aliphatic carbocycles. The van der Waals surface area contributed by atoms with Crippen molar-refractivity contribution in [2.75, 3.05) is 0 Å². The number of nitrogens with one attached hydrogen (secondary N) is 1.